The van der Waals surface area contributed by atoms with Gasteiger partial charge < -0.3 is 20.2 Å². The Kier molecular flexibility index (Phi) is 4.87. The van der Waals surface area contributed by atoms with Crippen LogP contribution in [0, 0.1) is 0 Å². The Morgan fingerprint density at radius 1 is 1.29 bits per heavy atom. The average molecular weight is 398 g/mol. The van der Waals surface area contributed by atoms with Crippen LogP contribution < -0.4 is 10.6 Å². The van der Waals surface area contributed by atoms with Crippen molar-refractivity contribution in [2.75, 3.05) is 17.2 Å². The summed E-state index contributed by atoms with van der Waals surface area (Å²) in [7, 11) is 0. The fraction of sp³-hybridized carbons (Fsp3) is 0.263. The second kappa shape index (κ2) is 7.47. The van der Waals surface area contributed by atoms with E-state index in [-0.39, 0.29) is 17.6 Å². The first-order chi connectivity index (χ1) is 13.5. The lowest BCUT2D eigenvalue weighted by molar-refractivity contribution is -0.115. The zero-order valence-corrected chi connectivity index (χ0v) is 16.3. The van der Waals surface area contributed by atoms with Crippen molar-refractivity contribution in [1.82, 2.24) is 24.5 Å². The van der Waals surface area contributed by atoms with Gasteiger partial charge in [0.1, 0.15) is 5.52 Å². The summed E-state index contributed by atoms with van der Waals surface area (Å²) in [5.41, 5.74) is 3.05. The van der Waals surface area contributed by atoms with Crippen molar-refractivity contribution >= 4 is 51.1 Å². The molecule has 1 aromatic carbocycles. The van der Waals surface area contributed by atoms with Gasteiger partial charge in [-0.3, -0.25) is 4.79 Å². The number of anilines is 2. The van der Waals surface area contributed by atoms with E-state index < -0.39 is 0 Å². The quantitative estimate of drug-likeness (QED) is 0.427. The van der Waals surface area contributed by atoms with E-state index in [1.807, 2.05) is 24.4 Å². The van der Waals surface area contributed by atoms with Gasteiger partial charge >= 0.3 is 0 Å². The van der Waals surface area contributed by atoms with Crippen molar-refractivity contribution in [2.24, 2.45) is 0 Å². The van der Waals surface area contributed by atoms with Crippen molar-refractivity contribution in [1.29, 1.82) is 0 Å². The summed E-state index contributed by atoms with van der Waals surface area (Å²) in [6, 6.07) is 8.30. The van der Waals surface area contributed by atoms with E-state index in [2.05, 4.69) is 55.1 Å². The number of nitrogens with zero attached hydrogens (tertiary/aromatic N) is 4. The fourth-order valence-electron chi connectivity index (χ4n) is 3.19. The number of carbonyl (C=O) groups excluding carboxylic acids is 1. The highest BCUT2D eigenvalue weighted by molar-refractivity contribution is 6.28. The van der Waals surface area contributed by atoms with Crippen molar-refractivity contribution < 1.29 is 4.79 Å². The minimum Gasteiger partial charge on any atom is -0.368 e. The van der Waals surface area contributed by atoms with Gasteiger partial charge in [-0.15, -0.1) is 0 Å². The molecule has 0 unspecified atom stereocenters. The van der Waals surface area contributed by atoms with E-state index in [1.165, 1.54) is 6.33 Å². The number of aromatic nitrogens is 5. The summed E-state index contributed by atoms with van der Waals surface area (Å²) in [4.78, 5) is 27.6. The Labute approximate surface area is 166 Å². The Morgan fingerprint density at radius 2 is 2.14 bits per heavy atom. The molecule has 144 valence electrons. The number of benzene rings is 1. The van der Waals surface area contributed by atoms with Crippen molar-refractivity contribution in [2.45, 2.75) is 26.3 Å². The first-order valence-electron chi connectivity index (χ1n) is 9.03. The predicted octanol–water partition coefficient (Wildman–Crippen LogP) is 3.98. The van der Waals surface area contributed by atoms with Crippen LogP contribution in [0.5, 0.6) is 0 Å². The fourth-order valence-corrected chi connectivity index (χ4v) is 3.35. The number of halogens is 1. The van der Waals surface area contributed by atoms with Gasteiger partial charge in [0.2, 0.25) is 11.2 Å². The van der Waals surface area contributed by atoms with Crippen molar-refractivity contribution in [3.63, 3.8) is 0 Å². The zero-order valence-electron chi connectivity index (χ0n) is 15.5. The molecule has 0 fully saturated rings. The molecule has 3 N–H and O–H groups in total. The van der Waals surface area contributed by atoms with E-state index in [4.69, 9.17) is 11.6 Å². The third-order valence-corrected chi connectivity index (χ3v) is 4.67. The van der Waals surface area contributed by atoms with Crippen LogP contribution in [-0.4, -0.2) is 37.0 Å². The van der Waals surface area contributed by atoms with Gasteiger partial charge in [0.05, 0.1) is 17.5 Å². The monoisotopic (exact) mass is 397 g/mol. The first kappa shape index (κ1) is 18.2. The van der Waals surface area contributed by atoms with Gasteiger partial charge in [-0.2, -0.15) is 9.97 Å². The summed E-state index contributed by atoms with van der Waals surface area (Å²) in [5, 5.41) is 7.24. The van der Waals surface area contributed by atoms with Crippen molar-refractivity contribution in [3.8, 4) is 0 Å². The maximum Gasteiger partial charge on any atom is 0.226 e. The molecule has 0 bridgehead atoms. The number of amides is 1. The van der Waals surface area contributed by atoms with Crippen LogP contribution in [0.3, 0.4) is 0 Å². The average Bonchev–Trinajstić information content (AvgIpc) is 3.28. The Hall–Kier alpha value is -3.13. The van der Waals surface area contributed by atoms with E-state index in [0.717, 1.165) is 16.6 Å². The topological polar surface area (TPSA) is 101 Å². The van der Waals surface area contributed by atoms with E-state index in [9.17, 15) is 4.79 Å². The Balaban J connectivity index is 1.42. The highest BCUT2D eigenvalue weighted by Crippen LogP contribution is 2.27. The van der Waals surface area contributed by atoms with Crippen LogP contribution >= 0.6 is 11.6 Å². The second-order valence-electron chi connectivity index (χ2n) is 6.72. The molecule has 0 saturated heterocycles. The zero-order chi connectivity index (χ0) is 19.7. The molecule has 4 rings (SSSR count). The van der Waals surface area contributed by atoms with E-state index in [1.54, 1.807) is 0 Å². The number of hydrogen-bond acceptors (Lipinski definition) is 5. The summed E-state index contributed by atoms with van der Waals surface area (Å²) < 4.78 is 2.18. The molecule has 0 spiro atoms. The third-order valence-electron chi connectivity index (χ3n) is 4.50. The molecule has 0 radical (unpaired) electrons. The molecule has 3 heterocycles. The summed E-state index contributed by atoms with van der Waals surface area (Å²) >= 11 is 5.91. The summed E-state index contributed by atoms with van der Waals surface area (Å²) in [6.07, 6.45) is 3.84. The van der Waals surface area contributed by atoms with Crippen LogP contribution in [-0.2, 0) is 4.79 Å². The molecule has 1 amide bonds. The molecule has 0 saturated carbocycles. The van der Waals surface area contributed by atoms with Gasteiger partial charge in [0.15, 0.2) is 11.5 Å². The standard InChI is InChI=1S/C19H20ClN7O/c1-11(2)27-9-7-12-13(4-3-5-14(12)27)24-15(28)6-8-21-17-16-18(23-10-22-16)26-19(20)25-17/h3-5,7,9-11H,6,8H2,1-2H3,(H,24,28)(H2,21,22,23,25,26). The molecule has 0 atom stereocenters. The summed E-state index contributed by atoms with van der Waals surface area (Å²) in [5.74, 6) is 0.440. The Morgan fingerprint density at radius 3 is 2.96 bits per heavy atom. The minimum absolute atomic E-state index is 0.0849. The molecular formula is C19H20ClN7O. The van der Waals surface area contributed by atoms with E-state index >= 15 is 0 Å². The lowest BCUT2D eigenvalue weighted by Gasteiger charge is -2.11. The highest BCUT2D eigenvalue weighted by Gasteiger charge is 2.12. The number of fused-ring (bicyclic) bond motifs is 2. The molecule has 4 aromatic rings. The molecular weight excluding hydrogens is 378 g/mol. The molecule has 9 heteroatoms. The smallest absolute Gasteiger partial charge is 0.226 e. The van der Waals surface area contributed by atoms with Crippen LogP contribution in [0.25, 0.3) is 22.1 Å². The Bertz CT molecular complexity index is 1150. The normalized spacial score (nSPS) is 11.4. The summed E-state index contributed by atoms with van der Waals surface area (Å²) in [6.45, 7) is 4.66. The first-order valence-corrected chi connectivity index (χ1v) is 9.40. The number of aromatic amines is 1. The molecule has 0 aliphatic rings. The van der Waals surface area contributed by atoms with Crippen LogP contribution in [0.15, 0.2) is 36.8 Å². The van der Waals surface area contributed by atoms with Crippen LogP contribution in [0.1, 0.15) is 26.3 Å². The molecule has 0 aliphatic heterocycles. The molecule has 28 heavy (non-hydrogen) atoms. The SMILES string of the molecule is CC(C)n1ccc2c(NC(=O)CCNc3nc(Cl)nc4nc[nH]c34)cccc21. The predicted molar refractivity (Wildman–Crippen MR) is 111 cm³/mol. The maximum atomic E-state index is 12.4. The van der Waals surface area contributed by atoms with Crippen LogP contribution in [0.2, 0.25) is 5.28 Å². The largest absolute Gasteiger partial charge is 0.368 e. The van der Waals surface area contributed by atoms with Gasteiger partial charge in [0.25, 0.3) is 0 Å². The molecule has 0 aliphatic carbocycles. The second-order valence-corrected chi connectivity index (χ2v) is 7.06. The number of hydrogen-bond donors (Lipinski definition) is 3. The number of rotatable bonds is 6. The van der Waals surface area contributed by atoms with Gasteiger partial charge in [-0.1, -0.05) is 6.07 Å². The number of carbonyl (C=O) groups is 1. The van der Waals surface area contributed by atoms with Gasteiger partial charge in [-0.25, -0.2) is 4.98 Å². The lowest BCUT2D eigenvalue weighted by Crippen LogP contribution is -2.17. The van der Waals surface area contributed by atoms with Crippen LogP contribution in [0.4, 0.5) is 11.5 Å². The number of nitrogens with one attached hydrogen (secondary N) is 3. The third kappa shape index (κ3) is 3.50. The van der Waals surface area contributed by atoms with Gasteiger partial charge in [-0.05, 0) is 43.6 Å². The molecule has 3 aromatic heterocycles. The molecule has 8 nitrogen and oxygen atoms in total. The number of imidazole rings is 1. The highest BCUT2D eigenvalue weighted by atomic mass is 35.5. The van der Waals surface area contributed by atoms with E-state index in [0.29, 0.717) is 29.6 Å². The number of H-pyrrole nitrogens is 1. The minimum atomic E-state index is -0.0849. The maximum absolute atomic E-state index is 12.4. The van der Waals surface area contributed by atoms with Crippen molar-refractivity contribution in [3.05, 3.63) is 42.1 Å². The van der Waals surface area contributed by atoms with Gasteiger partial charge in [0, 0.05) is 30.6 Å². The lowest BCUT2D eigenvalue weighted by atomic mass is 10.2.